The standard InChI is InChI=1S/C7H7F3N2O2/c1-12-3-4(2-11-12)5(8)7(9,10)6(13)14/h2-3,5H,1H3,(H,13,14). The summed E-state index contributed by atoms with van der Waals surface area (Å²) in [6.07, 6.45) is -1.02. The fraction of sp³-hybridized carbons (Fsp3) is 0.429. The van der Waals surface area contributed by atoms with Gasteiger partial charge in [-0.1, -0.05) is 0 Å². The molecule has 0 aliphatic rings. The first-order valence-electron chi connectivity index (χ1n) is 3.59. The highest BCUT2D eigenvalue weighted by Gasteiger charge is 2.49. The molecule has 1 aromatic rings. The van der Waals surface area contributed by atoms with E-state index in [2.05, 4.69) is 5.10 Å². The largest absolute Gasteiger partial charge is 0.477 e. The number of hydrogen-bond acceptors (Lipinski definition) is 2. The second kappa shape index (κ2) is 3.32. The zero-order valence-electron chi connectivity index (χ0n) is 7.12. The maximum absolute atomic E-state index is 13.0. The van der Waals surface area contributed by atoms with Crippen molar-refractivity contribution in [3.8, 4) is 0 Å². The molecule has 1 heterocycles. The van der Waals surface area contributed by atoms with Crippen LogP contribution in [-0.2, 0) is 11.8 Å². The van der Waals surface area contributed by atoms with Crippen LogP contribution < -0.4 is 0 Å². The van der Waals surface area contributed by atoms with Crippen LogP contribution in [0.2, 0.25) is 0 Å². The highest BCUT2D eigenvalue weighted by molar-refractivity contribution is 5.76. The molecule has 1 unspecified atom stereocenters. The first-order valence-corrected chi connectivity index (χ1v) is 3.59. The van der Waals surface area contributed by atoms with Crippen molar-refractivity contribution in [2.45, 2.75) is 12.1 Å². The Morgan fingerprint density at radius 2 is 2.29 bits per heavy atom. The molecule has 14 heavy (non-hydrogen) atoms. The average Bonchev–Trinajstić information content (AvgIpc) is 2.50. The Morgan fingerprint density at radius 3 is 2.64 bits per heavy atom. The third-order valence-corrected chi connectivity index (χ3v) is 1.62. The molecule has 1 rings (SSSR count). The van der Waals surface area contributed by atoms with Crippen LogP contribution in [0.4, 0.5) is 13.2 Å². The van der Waals surface area contributed by atoms with Gasteiger partial charge in [0, 0.05) is 18.8 Å². The van der Waals surface area contributed by atoms with Gasteiger partial charge in [0.25, 0.3) is 0 Å². The van der Waals surface area contributed by atoms with Crippen molar-refractivity contribution in [3.05, 3.63) is 18.0 Å². The van der Waals surface area contributed by atoms with Gasteiger partial charge < -0.3 is 5.11 Å². The van der Waals surface area contributed by atoms with Gasteiger partial charge in [-0.05, 0) is 0 Å². The number of carboxylic acids is 1. The number of alkyl halides is 3. The molecular formula is C7H7F3N2O2. The average molecular weight is 208 g/mol. The van der Waals surface area contributed by atoms with E-state index < -0.39 is 23.6 Å². The number of carbonyl (C=O) groups is 1. The van der Waals surface area contributed by atoms with Gasteiger partial charge in [-0.2, -0.15) is 13.9 Å². The lowest BCUT2D eigenvalue weighted by Crippen LogP contribution is -2.33. The van der Waals surface area contributed by atoms with Crippen LogP contribution in [0.1, 0.15) is 11.7 Å². The lowest BCUT2D eigenvalue weighted by Gasteiger charge is -2.14. The van der Waals surface area contributed by atoms with Crippen molar-refractivity contribution in [2.75, 3.05) is 0 Å². The first kappa shape index (κ1) is 10.6. The fourth-order valence-corrected chi connectivity index (χ4v) is 0.889. The van der Waals surface area contributed by atoms with Crippen LogP contribution in [0.15, 0.2) is 12.4 Å². The van der Waals surface area contributed by atoms with Crippen molar-refractivity contribution in [1.82, 2.24) is 9.78 Å². The summed E-state index contributed by atoms with van der Waals surface area (Å²) in [7, 11) is 1.41. The number of nitrogens with zero attached hydrogens (tertiary/aromatic N) is 2. The molecule has 1 N–H and O–H groups in total. The molecule has 0 bridgehead atoms. The minimum atomic E-state index is -4.43. The molecule has 0 aromatic carbocycles. The predicted molar refractivity (Wildman–Crippen MR) is 39.6 cm³/mol. The number of halogens is 3. The van der Waals surface area contributed by atoms with Gasteiger partial charge >= 0.3 is 11.9 Å². The van der Waals surface area contributed by atoms with Gasteiger partial charge in [-0.25, -0.2) is 9.18 Å². The molecule has 0 aliphatic heterocycles. The molecule has 0 spiro atoms. The maximum atomic E-state index is 13.0. The van der Waals surface area contributed by atoms with E-state index in [9.17, 15) is 18.0 Å². The summed E-state index contributed by atoms with van der Waals surface area (Å²) in [5.74, 6) is -6.92. The van der Waals surface area contributed by atoms with E-state index in [0.717, 1.165) is 17.1 Å². The zero-order valence-corrected chi connectivity index (χ0v) is 7.12. The SMILES string of the molecule is Cn1cc(C(F)C(F)(F)C(=O)O)cn1. The van der Waals surface area contributed by atoms with Gasteiger partial charge in [0.2, 0.25) is 6.17 Å². The summed E-state index contributed by atoms with van der Waals surface area (Å²) in [5, 5.41) is 11.5. The van der Waals surface area contributed by atoms with Crippen molar-refractivity contribution < 1.29 is 23.1 Å². The van der Waals surface area contributed by atoms with Crippen molar-refractivity contribution >= 4 is 5.97 Å². The summed E-state index contributed by atoms with van der Waals surface area (Å²) >= 11 is 0. The highest BCUT2D eigenvalue weighted by atomic mass is 19.3. The van der Waals surface area contributed by atoms with Crippen LogP contribution in [0, 0.1) is 0 Å². The summed E-state index contributed by atoms with van der Waals surface area (Å²) in [5.41, 5.74) is -0.458. The zero-order chi connectivity index (χ0) is 10.9. The summed E-state index contributed by atoms with van der Waals surface area (Å²) in [6, 6.07) is 0. The van der Waals surface area contributed by atoms with Crippen LogP contribution >= 0.6 is 0 Å². The molecule has 0 saturated carbocycles. The lowest BCUT2D eigenvalue weighted by atomic mass is 10.1. The molecule has 0 saturated heterocycles. The van der Waals surface area contributed by atoms with E-state index in [1.165, 1.54) is 7.05 Å². The lowest BCUT2D eigenvalue weighted by molar-refractivity contribution is -0.175. The summed E-state index contributed by atoms with van der Waals surface area (Å²) in [4.78, 5) is 10.0. The Labute approximate surface area is 77.0 Å². The third-order valence-electron chi connectivity index (χ3n) is 1.62. The van der Waals surface area contributed by atoms with Crippen LogP contribution in [0.3, 0.4) is 0 Å². The van der Waals surface area contributed by atoms with E-state index in [1.807, 2.05) is 0 Å². The Bertz CT molecular complexity index is 350. The number of hydrogen-bond donors (Lipinski definition) is 1. The van der Waals surface area contributed by atoms with E-state index in [4.69, 9.17) is 5.11 Å². The Hall–Kier alpha value is -1.53. The molecule has 1 aromatic heterocycles. The Kier molecular flexibility index (Phi) is 2.50. The van der Waals surface area contributed by atoms with Gasteiger partial charge in [0.15, 0.2) is 0 Å². The van der Waals surface area contributed by atoms with E-state index in [-0.39, 0.29) is 0 Å². The van der Waals surface area contributed by atoms with Crippen LogP contribution in [-0.4, -0.2) is 26.8 Å². The second-order valence-corrected chi connectivity index (χ2v) is 2.74. The van der Waals surface area contributed by atoms with Crippen LogP contribution in [0.5, 0.6) is 0 Å². The third kappa shape index (κ3) is 1.70. The molecule has 0 amide bonds. The highest BCUT2D eigenvalue weighted by Crippen LogP contribution is 2.34. The molecular weight excluding hydrogens is 201 g/mol. The quantitative estimate of drug-likeness (QED) is 0.810. The van der Waals surface area contributed by atoms with E-state index >= 15 is 0 Å². The number of rotatable bonds is 3. The minimum Gasteiger partial charge on any atom is -0.477 e. The van der Waals surface area contributed by atoms with Gasteiger partial charge in [0.05, 0.1) is 6.20 Å². The molecule has 0 fully saturated rings. The van der Waals surface area contributed by atoms with Crippen molar-refractivity contribution in [2.24, 2.45) is 7.05 Å². The fourth-order valence-electron chi connectivity index (χ4n) is 0.889. The monoisotopic (exact) mass is 208 g/mol. The van der Waals surface area contributed by atoms with E-state index in [1.54, 1.807) is 0 Å². The number of aryl methyl sites for hydroxylation is 1. The van der Waals surface area contributed by atoms with E-state index in [0.29, 0.717) is 0 Å². The van der Waals surface area contributed by atoms with Crippen molar-refractivity contribution in [1.29, 1.82) is 0 Å². The van der Waals surface area contributed by atoms with Gasteiger partial charge in [0.1, 0.15) is 0 Å². The second-order valence-electron chi connectivity index (χ2n) is 2.74. The van der Waals surface area contributed by atoms with Gasteiger partial charge in [-0.3, -0.25) is 4.68 Å². The number of aliphatic carboxylic acids is 1. The molecule has 7 heteroatoms. The molecule has 0 radical (unpaired) electrons. The predicted octanol–water partition coefficient (Wildman–Crippen LogP) is 1.15. The number of carboxylic acid groups (broad SMARTS) is 1. The summed E-state index contributed by atoms with van der Waals surface area (Å²) < 4.78 is 39.4. The number of aromatic nitrogens is 2. The Balaban J connectivity index is 2.95. The molecule has 4 nitrogen and oxygen atoms in total. The van der Waals surface area contributed by atoms with Crippen molar-refractivity contribution in [3.63, 3.8) is 0 Å². The van der Waals surface area contributed by atoms with Crippen LogP contribution in [0.25, 0.3) is 0 Å². The molecule has 1 atom stereocenters. The summed E-state index contributed by atoms with van der Waals surface area (Å²) in [6.45, 7) is 0. The smallest absolute Gasteiger partial charge is 0.378 e. The maximum Gasteiger partial charge on any atom is 0.378 e. The molecule has 0 aliphatic carbocycles. The topological polar surface area (TPSA) is 55.1 Å². The molecule has 78 valence electrons. The first-order chi connectivity index (χ1) is 6.35. The normalized spacial score (nSPS) is 14.0. The Morgan fingerprint density at radius 1 is 1.71 bits per heavy atom. The minimum absolute atomic E-state index is 0.458. The van der Waals surface area contributed by atoms with Gasteiger partial charge in [-0.15, -0.1) is 0 Å².